The zero-order chi connectivity index (χ0) is 14.0. The Bertz CT molecular complexity index is 647. The second-order valence-electron chi connectivity index (χ2n) is 3.75. The molecule has 2 rings (SSSR count). The van der Waals surface area contributed by atoms with Gasteiger partial charge in [-0.2, -0.15) is 0 Å². The SMILES string of the molecule is NC(=S)c1c(Br)cccc1Nc1cccc(Cl)c1Cl. The fourth-order valence-electron chi connectivity index (χ4n) is 1.62. The van der Waals surface area contributed by atoms with E-state index >= 15 is 0 Å². The molecule has 0 aliphatic carbocycles. The van der Waals surface area contributed by atoms with Gasteiger partial charge < -0.3 is 11.1 Å². The van der Waals surface area contributed by atoms with Gasteiger partial charge in [0.05, 0.1) is 15.7 Å². The number of hydrogen-bond donors (Lipinski definition) is 2. The summed E-state index contributed by atoms with van der Waals surface area (Å²) in [5.74, 6) is 0. The quantitative estimate of drug-likeness (QED) is 0.730. The van der Waals surface area contributed by atoms with E-state index < -0.39 is 0 Å². The van der Waals surface area contributed by atoms with Crippen LogP contribution in [0.25, 0.3) is 0 Å². The second kappa shape index (κ2) is 6.09. The fourth-order valence-corrected chi connectivity index (χ4v) is 2.90. The second-order valence-corrected chi connectivity index (χ2v) is 5.83. The van der Waals surface area contributed by atoms with Crippen molar-refractivity contribution in [1.82, 2.24) is 0 Å². The van der Waals surface area contributed by atoms with Crippen LogP contribution in [0.5, 0.6) is 0 Å². The van der Waals surface area contributed by atoms with E-state index in [0.29, 0.717) is 20.7 Å². The van der Waals surface area contributed by atoms with Crippen molar-refractivity contribution in [2.24, 2.45) is 5.73 Å². The average molecular weight is 376 g/mol. The van der Waals surface area contributed by atoms with Crippen molar-refractivity contribution in [2.45, 2.75) is 0 Å². The Morgan fingerprint density at radius 3 is 2.42 bits per heavy atom. The van der Waals surface area contributed by atoms with Crippen molar-refractivity contribution in [1.29, 1.82) is 0 Å². The lowest BCUT2D eigenvalue weighted by molar-refractivity contribution is 1.50. The molecule has 2 aromatic rings. The smallest absolute Gasteiger partial charge is 0.107 e. The van der Waals surface area contributed by atoms with E-state index in [-0.39, 0.29) is 0 Å². The van der Waals surface area contributed by atoms with Crippen LogP contribution in [-0.2, 0) is 0 Å². The zero-order valence-electron chi connectivity index (χ0n) is 9.58. The molecule has 0 fully saturated rings. The highest BCUT2D eigenvalue weighted by Gasteiger charge is 2.11. The van der Waals surface area contributed by atoms with Gasteiger partial charge >= 0.3 is 0 Å². The number of benzene rings is 2. The average Bonchev–Trinajstić information content (AvgIpc) is 2.34. The summed E-state index contributed by atoms with van der Waals surface area (Å²) in [5.41, 5.74) is 7.94. The Morgan fingerprint density at radius 2 is 1.74 bits per heavy atom. The fraction of sp³-hybridized carbons (Fsp3) is 0. The van der Waals surface area contributed by atoms with Crippen LogP contribution in [-0.4, -0.2) is 4.99 Å². The van der Waals surface area contributed by atoms with Crippen LogP contribution in [0.1, 0.15) is 5.56 Å². The van der Waals surface area contributed by atoms with Crippen LogP contribution >= 0.6 is 51.3 Å². The molecule has 2 aromatic carbocycles. The van der Waals surface area contributed by atoms with Crippen molar-refractivity contribution < 1.29 is 0 Å². The highest BCUT2D eigenvalue weighted by atomic mass is 79.9. The first kappa shape index (κ1) is 14.6. The third-order valence-electron chi connectivity index (χ3n) is 2.48. The molecule has 0 aliphatic heterocycles. The highest BCUT2D eigenvalue weighted by Crippen LogP contribution is 2.34. The third kappa shape index (κ3) is 3.20. The van der Waals surface area contributed by atoms with Gasteiger partial charge in [-0.1, -0.05) is 47.6 Å². The summed E-state index contributed by atoms with van der Waals surface area (Å²) in [5, 5.41) is 4.13. The number of nitrogens with two attached hydrogens (primary N) is 1. The van der Waals surface area contributed by atoms with Crippen molar-refractivity contribution in [3.63, 3.8) is 0 Å². The van der Waals surface area contributed by atoms with Crippen molar-refractivity contribution >= 4 is 67.7 Å². The Kier molecular flexibility index (Phi) is 4.68. The van der Waals surface area contributed by atoms with Crippen molar-refractivity contribution in [2.75, 3.05) is 5.32 Å². The van der Waals surface area contributed by atoms with E-state index in [2.05, 4.69) is 21.2 Å². The standard InChI is InChI=1S/C13H9BrCl2N2S/c14-7-3-1-5-9(11(7)13(17)19)18-10-6-2-4-8(15)12(10)16/h1-6,18H,(H2,17,19). The molecule has 6 heteroatoms. The van der Waals surface area contributed by atoms with Gasteiger partial charge in [0.15, 0.2) is 0 Å². The van der Waals surface area contributed by atoms with E-state index in [9.17, 15) is 0 Å². The third-order valence-corrected chi connectivity index (χ3v) is 4.16. The van der Waals surface area contributed by atoms with Crippen LogP contribution < -0.4 is 11.1 Å². The maximum absolute atomic E-state index is 6.14. The molecule has 0 unspecified atom stereocenters. The number of halogens is 3. The maximum Gasteiger partial charge on any atom is 0.107 e. The van der Waals surface area contributed by atoms with Gasteiger partial charge in [0, 0.05) is 15.7 Å². The van der Waals surface area contributed by atoms with Crippen LogP contribution in [0.3, 0.4) is 0 Å². The molecule has 0 bridgehead atoms. The van der Waals surface area contributed by atoms with E-state index in [1.165, 1.54) is 0 Å². The summed E-state index contributed by atoms with van der Waals surface area (Å²) in [4.78, 5) is 0.299. The van der Waals surface area contributed by atoms with E-state index in [1.807, 2.05) is 30.3 Å². The molecule has 2 nitrogen and oxygen atoms in total. The minimum atomic E-state index is 0.299. The number of rotatable bonds is 3. The Labute approximate surface area is 135 Å². The van der Waals surface area contributed by atoms with Gasteiger partial charge in [-0.15, -0.1) is 0 Å². The van der Waals surface area contributed by atoms with E-state index in [0.717, 1.165) is 15.7 Å². The molecule has 0 aliphatic rings. The summed E-state index contributed by atoms with van der Waals surface area (Å²) in [6.07, 6.45) is 0. The van der Waals surface area contributed by atoms with Gasteiger partial charge in [0.2, 0.25) is 0 Å². The first-order valence-corrected chi connectivity index (χ1v) is 7.25. The predicted molar refractivity (Wildman–Crippen MR) is 89.8 cm³/mol. The van der Waals surface area contributed by atoms with Gasteiger partial charge in [0.1, 0.15) is 4.99 Å². The van der Waals surface area contributed by atoms with Gasteiger partial charge in [-0.3, -0.25) is 0 Å². The highest BCUT2D eigenvalue weighted by molar-refractivity contribution is 9.10. The number of anilines is 2. The zero-order valence-corrected chi connectivity index (χ0v) is 13.5. The summed E-state index contributed by atoms with van der Waals surface area (Å²) in [6.45, 7) is 0. The molecule has 0 heterocycles. The van der Waals surface area contributed by atoms with Gasteiger partial charge in [-0.25, -0.2) is 0 Å². The molecular formula is C13H9BrCl2N2S. The minimum Gasteiger partial charge on any atom is -0.389 e. The topological polar surface area (TPSA) is 38.0 Å². The molecule has 19 heavy (non-hydrogen) atoms. The number of nitrogens with one attached hydrogen (secondary N) is 1. The molecule has 0 amide bonds. The lowest BCUT2D eigenvalue weighted by atomic mass is 10.1. The molecule has 0 atom stereocenters. The lowest BCUT2D eigenvalue weighted by Gasteiger charge is -2.14. The first-order chi connectivity index (χ1) is 9.00. The molecule has 0 saturated carbocycles. The largest absolute Gasteiger partial charge is 0.389 e. The monoisotopic (exact) mass is 374 g/mol. The van der Waals surface area contributed by atoms with Crippen molar-refractivity contribution in [3.05, 3.63) is 56.5 Å². The summed E-state index contributed by atoms with van der Waals surface area (Å²) >= 11 is 20.6. The molecule has 98 valence electrons. The molecule has 0 spiro atoms. The van der Waals surface area contributed by atoms with Crippen LogP contribution in [0.4, 0.5) is 11.4 Å². The summed E-state index contributed by atoms with van der Waals surface area (Å²) < 4.78 is 0.822. The maximum atomic E-state index is 6.14. The van der Waals surface area contributed by atoms with Crippen LogP contribution in [0.2, 0.25) is 10.0 Å². The van der Waals surface area contributed by atoms with E-state index in [1.54, 1.807) is 6.07 Å². The molecule has 3 N–H and O–H groups in total. The summed E-state index contributed by atoms with van der Waals surface area (Å²) in [6, 6.07) is 11.0. The Hall–Kier alpha value is -0.810. The number of thiocarbonyl (C=S) groups is 1. The van der Waals surface area contributed by atoms with Gasteiger partial charge in [0.25, 0.3) is 0 Å². The van der Waals surface area contributed by atoms with E-state index in [4.69, 9.17) is 41.2 Å². The normalized spacial score (nSPS) is 10.3. The predicted octanol–water partition coefficient (Wildman–Crippen LogP) is 5.13. The van der Waals surface area contributed by atoms with Crippen LogP contribution in [0, 0.1) is 0 Å². The minimum absolute atomic E-state index is 0.299. The number of hydrogen-bond acceptors (Lipinski definition) is 2. The van der Waals surface area contributed by atoms with Gasteiger partial charge in [-0.05, 0) is 40.2 Å². The molecule has 0 radical (unpaired) electrons. The first-order valence-electron chi connectivity index (χ1n) is 5.30. The summed E-state index contributed by atoms with van der Waals surface area (Å²) in [7, 11) is 0. The van der Waals surface area contributed by atoms with Crippen LogP contribution in [0.15, 0.2) is 40.9 Å². The Balaban J connectivity index is 2.47. The Morgan fingerprint density at radius 1 is 1.11 bits per heavy atom. The molecule has 0 aromatic heterocycles. The molecular weight excluding hydrogens is 367 g/mol. The molecule has 0 saturated heterocycles. The van der Waals surface area contributed by atoms with Crippen molar-refractivity contribution in [3.8, 4) is 0 Å². The lowest BCUT2D eigenvalue weighted by Crippen LogP contribution is -2.12.